The Morgan fingerprint density at radius 3 is 2.37 bits per heavy atom. The van der Waals surface area contributed by atoms with Crippen LogP contribution in [0.5, 0.6) is 0 Å². The van der Waals surface area contributed by atoms with Gasteiger partial charge in [-0.25, -0.2) is 0 Å². The van der Waals surface area contributed by atoms with Crippen LogP contribution in [0, 0.1) is 11.8 Å². The van der Waals surface area contributed by atoms with Crippen molar-refractivity contribution < 1.29 is 4.74 Å². The van der Waals surface area contributed by atoms with E-state index >= 15 is 0 Å². The standard InChI is InChI=1S/C18H32O/c1-5-6-7-8-9-10-11-12-13-14-15-16-17-19-18(2,3)4/h9-10H,5-6,11-17H2,1-4H3. The van der Waals surface area contributed by atoms with Crippen LogP contribution in [0.4, 0.5) is 0 Å². The summed E-state index contributed by atoms with van der Waals surface area (Å²) in [6.07, 6.45) is 13.9. The van der Waals surface area contributed by atoms with E-state index in [4.69, 9.17) is 4.74 Å². The minimum atomic E-state index is 0.0175. The SMILES string of the molecule is CCCC#CC=CCCCCCCCOC(C)(C)C. The molecular formula is C18H32O. The van der Waals surface area contributed by atoms with Crippen molar-refractivity contribution in [2.45, 2.75) is 84.7 Å². The first-order chi connectivity index (χ1) is 9.06. The molecule has 0 unspecified atom stereocenters. The molecule has 0 rings (SSSR count). The lowest BCUT2D eigenvalue weighted by Crippen LogP contribution is -2.19. The Labute approximate surface area is 120 Å². The lowest BCUT2D eigenvalue weighted by Gasteiger charge is -2.19. The van der Waals surface area contributed by atoms with Crippen molar-refractivity contribution >= 4 is 0 Å². The summed E-state index contributed by atoms with van der Waals surface area (Å²) < 4.78 is 5.69. The van der Waals surface area contributed by atoms with Crippen molar-refractivity contribution in [1.82, 2.24) is 0 Å². The van der Waals surface area contributed by atoms with Crippen LogP contribution in [0.1, 0.15) is 79.1 Å². The molecule has 0 spiro atoms. The maximum atomic E-state index is 5.69. The Kier molecular flexibility index (Phi) is 11.8. The van der Waals surface area contributed by atoms with Gasteiger partial charge in [-0.2, -0.15) is 0 Å². The second-order valence-electron chi connectivity index (χ2n) is 5.99. The van der Waals surface area contributed by atoms with E-state index in [1.54, 1.807) is 0 Å². The number of rotatable bonds is 9. The van der Waals surface area contributed by atoms with Gasteiger partial charge in [0, 0.05) is 13.0 Å². The Hall–Kier alpha value is -0.740. The molecule has 0 aromatic rings. The zero-order chi connectivity index (χ0) is 14.4. The summed E-state index contributed by atoms with van der Waals surface area (Å²) in [4.78, 5) is 0. The highest BCUT2D eigenvalue weighted by atomic mass is 16.5. The van der Waals surface area contributed by atoms with E-state index in [-0.39, 0.29) is 5.60 Å². The Morgan fingerprint density at radius 2 is 1.68 bits per heavy atom. The second kappa shape index (κ2) is 12.3. The fourth-order valence-electron chi connectivity index (χ4n) is 1.67. The number of hydrogen-bond acceptors (Lipinski definition) is 1. The van der Waals surface area contributed by atoms with Gasteiger partial charge in [0.05, 0.1) is 5.60 Å². The highest BCUT2D eigenvalue weighted by molar-refractivity contribution is 5.14. The summed E-state index contributed by atoms with van der Waals surface area (Å²) in [6.45, 7) is 9.40. The predicted molar refractivity (Wildman–Crippen MR) is 85.2 cm³/mol. The summed E-state index contributed by atoms with van der Waals surface area (Å²) in [5.74, 6) is 6.19. The van der Waals surface area contributed by atoms with Crippen molar-refractivity contribution in [2.75, 3.05) is 6.61 Å². The molecule has 0 saturated heterocycles. The Bertz CT molecular complexity index is 272. The molecule has 1 nitrogen and oxygen atoms in total. The third-order valence-electron chi connectivity index (χ3n) is 2.73. The van der Waals surface area contributed by atoms with Gasteiger partial charge in [0.2, 0.25) is 0 Å². The van der Waals surface area contributed by atoms with Crippen LogP contribution in [-0.2, 0) is 4.74 Å². The highest BCUT2D eigenvalue weighted by Gasteiger charge is 2.08. The predicted octanol–water partition coefficient (Wildman–Crippen LogP) is 5.50. The van der Waals surface area contributed by atoms with Crippen molar-refractivity contribution in [3.8, 4) is 11.8 Å². The lowest BCUT2D eigenvalue weighted by molar-refractivity contribution is -0.00474. The van der Waals surface area contributed by atoms with Crippen molar-refractivity contribution in [1.29, 1.82) is 0 Å². The molecule has 1 heteroatoms. The van der Waals surface area contributed by atoms with Gasteiger partial charge in [0.25, 0.3) is 0 Å². The molecule has 0 radical (unpaired) electrons. The van der Waals surface area contributed by atoms with Crippen LogP contribution < -0.4 is 0 Å². The number of allylic oxidation sites excluding steroid dienone is 2. The van der Waals surface area contributed by atoms with E-state index in [2.05, 4.69) is 45.6 Å². The molecule has 0 heterocycles. The highest BCUT2D eigenvalue weighted by Crippen LogP contribution is 2.10. The van der Waals surface area contributed by atoms with E-state index in [0.717, 1.165) is 19.4 Å². The molecule has 0 saturated carbocycles. The Morgan fingerprint density at radius 1 is 1.00 bits per heavy atom. The summed E-state index contributed by atoms with van der Waals surface area (Å²) in [7, 11) is 0. The first kappa shape index (κ1) is 18.3. The fourth-order valence-corrected chi connectivity index (χ4v) is 1.67. The van der Waals surface area contributed by atoms with Crippen molar-refractivity contribution in [3.05, 3.63) is 12.2 Å². The summed E-state index contributed by atoms with van der Waals surface area (Å²) in [5, 5.41) is 0. The molecule has 0 fully saturated rings. The second-order valence-corrected chi connectivity index (χ2v) is 5.99. The normalized spacial score (nSPS) is 11.6. The van der Waals surface area contributed by atoms with Gasteiger partial charge in [-0.05, 0) is 52.5 Å². The molecule has 0 amide bonds. The van der Waals surface area contributed by atoms with Gasteiger partial charge < -0.3 is 4.74 Å². The average Bonchev–Trinajstić information content (AvgIpc) is 2.34. The minimum absolute atomic E-state index is 0.0175. The molecule has 0 bridgehead atoms. The van der Waals surface area contributed by atoms with Gasteiger partial charge in [-0.1, -0.05) is 44.1 Å². The summed E-state index contributed by atoms with van der Waals surface area (Å²) in [5.41, 5.74) is 0.0175. The van der Waals surface area contributed by atoms with E-state index in [0.29, 0.717) is 0 Å². The minimum Gasteiger partial charge on any atom is -0.376 e. The molecule has 0 aliphatic carbocycles. The number of hydrogen-bond donors (Lipinski definition) is 0. The topological polar surface area (TPSA) is 9.23 Å². The molecule has 0 aliphatic rings. The largest absolute Gasteiger partial charge is 0.376 e. The average molecular weight is 264 g/mol. The quantitative estimate of drug-likeness (QED) is 0.394. The monoisotopic (exact) mass is 264 g/mol. The van der Waals surface area contributed by atoms with Crippen LogP contribution in [0.3, 0.4) is 0 Å². The molecule has 0 aromatic carbocycles. The summed E-state index contributed by atoms with van der Waals surface area (Å²) >= 11 is 0. The van der Waals surface area contributed by atoms with Crippen LogP contribution in [0.25, 0.3) is 0 Å². The van der Waals surface area contributed by atoms with Gasteiger partial charge in [0.1, 0.15) is 0 Å². The van der Waals surface area contributed by atoms with Gasteiger partial charge in [-0.3, -0.25) is 0 Å². The molecule has 110 valence electrons. The Balaban J connectivity index is 3.22. The maximum absolute atomic E-state index is 5.69. The zero-order valence-corrected chi connectivity index (χ0v) is 13.4. The maximum Gasteiger partial charge on any atom is 0.0598 e. The van der Waals surface area contributed by atoms with E-state index in [1.165, 1.54) is 38.5 Å². The third-order valence-corrected chi connectivity index (χ3v) is 2.73. The molecule has 0 aliphatic heterocycles. The molecule has 19 heavy (non-hydrogen) atoms. The van der Waals surface area contributed by atoms with E-state index in [1.807, 2.05) is 6.08 Å². The first-order valence-electron chi connectivity index (χ1n) is 7.83. The van der Waals surface area contributed by atoms with Crippen LogP contribution in [0.2, 0.25) is 0 Å². The lowest BCUT2D eigenvalue weighted by atomic mass is 10.1. The molecule has 0 N–H and O–H groups in total. The third kappa shape index (κ3) is 17.3. The van der Waals surface area contributed by atoms with Crippen LogP contribution in [-0.4, -0.2) is 12.2 Å². The van der Waals surface area contributed by atoms with E-state index in [9.17, 15) is 0 Å². The van der Waals surface area contributed by atoms with Crippen LogP contribution >= 0.6 is 0 Å². The fraction of sp³-hybridized carbons (Fsp3) is 0.778. The number of ether oxygens (including phenoxy) is 1. The zero-order valence-electron chi connectivity index (χ0n) is 13.4. The summed E-state index contributed by atoms with van der Waals surface area (Å²) in [6, 6.07) is 0. The van der Waals surface area contributed by atoms with Crippen molar-refractivity contribution in [3.63, 3.8) is 0 Å². The van der Waals surface area contributed by atoms with Crippen LogP contribution in [0.15, 0.2) is 12.2 Å². The molecule has 0 aromatic heterocycles. The molecule has 0 atom stereocenters. The van der Waals surface area contributed by atoms with E-state index < -0.39 is 0 Å². The van der Waals surface area contributed by atoms with Gasteiger partial charge in [0.15, 0.2) is 0 Å². The molecular weight excluding hydrogens is 232 g/mol. The van der Waals surface area contributed by atoms with Gasteiger partial charge in [-0.15, -0.1) is 0 Å². The number of unbranched alkanes of at least 4 members (excludes halogenated alkanes) is 6. The van der Waals surface area contributed by atoms with Crippen molar-refractivity contribution in [2.24, 2.45) is 0 Å². The van der Waals surface area contributed by atoms with Gasteiger partial charge >= 0.3 is 0 Å². The first-order valence-corrected chi connectivity index (χ1v) is 7.83. The smallest absolute Gasteiger partial charge is 0.0598 e.